The number of aliphatic hydroxyl groups excluding tert-OH is 1. The van der Waals surface area contributed by atoms with Crippen molar-refractivity contribution in [3.63, 3.8) is 0 Å². The van der Waals surface area contributed by atoms with Gasteiger partial charge in [0.1, 0.15) is 11.6 Å². The number of likely N-dealkylation sites (tertiary alicyclic amines) is 1. The second-order valence-electron chi connectivity index (χ2n) is 9.91. The van der Waals surface area contributed by atoms with Crippen molar-refractivity contribution in [3.05, 3.63) is 29.3 Å². The molecule has 3 heterocycles. The van der Waals surface area contributed by atoms with Crippen molar-refractivity contribution < 1.29 is 24.2 Å². The average Bonchev–Trinajstić information content (AvgIpc) is 3.34. The molecular formula is C25H35N3O5. The molecular weight excluding hydrogens is 422 g/mol. The highest BCUT2D eigenvalue weighted by Crippen LogP contribution is 2.63. The van der Waals surface area contributed by atoms with Crippen molar-refractivity contribution in [2.75, 3.05) is 25.5 Å². The van der Waals surface area contributed by atoms with Crippen LogP contribution in [0.3, 0.4) is 0 Å². The number of nitrogens with one attached hydrogen (secondary N) is 2. The van der Waals surface area contributed by atoms with Gasteiger partial charge in [-0.05, 0) is 64.0 Å². The fourth-order valence-corrected chi connectivity index (χ4v) is 6.30. The lowest BCUT2D eigenvalue weighted by molar-refractivity contribution is -0.144. The highest BCUT2D eigenvalue weighted by molar-refractivity contribution is 6.04. The number of aryl methyl sites for hydroxylation is 2. The SMILES string of the molecule is CNC(=O)[C@H]1[C@H]2C(=O)N(CCCCCO)C(C(=O)Nc3c(C)cccc3C)C23CC[C@]1(C)O3. The van der Waals surface area contributed by atoms with Gasteiger partial charge in [0, 0.05) is 25.9 Å². The van der Waals surface area contributed by atoms with Crippen molar-refractivity contribution in [2.24, 2.45) is 11.8 Å². The van der Waals surface area contributed by atoms with Crippen molar-refractivity contribution in [1.29, 1.82) is 0 Å². The summed E-state index contributed by atoms with van der Waals surface area (Å²) in [6, 6.07) is 5.02. The molecule has 1 aromatic rings. The molecule has 1 spiro atoms. The summed E-state index contributed by atoms with van der Waals surface area (Å²) >= 11 is 0. The molecule has 2 bridgehead atoms. The van der Waals surface area contributed by atoms with E-state index in [0.717, 1.165) is 23.2 Å². The van der Waals surface area contributed by atoms with E-state index in [1.54, 1.807) is 11.9 Å². The molecule has 3 saturated heterocycles. The number of nitrogens with zero attached hydrogens (tertiary/aromatic N) is 1. The van der Waals surface area contributed by atoms with E-state index in [1.807, 2.05) is 39.0 Å². The Morgan fingerprint density at radius 1 is 1.15 bits per heavy atom. The first-order chi connectivity index (χ1) is 15.7. The zero-order chi connectivity index (χ0) is 24.0. The van der Waals surface area contributed by atoms with Crippen LogP contribution in [0.5, 0.6) is 0 Å². The summed E-state index contributed by atoms with van der Waals surface area (Å²) in [6.45, 7) is 6.26. The zero-order valence-electron chi connectivity index (χ0n) is 19.9. The molecule has 3 amide bonds. The smallest absolute Gasteiger partial charge is 0.250 e. The van der Waals surface area contributed by atoms with E-state index in [4.69, 9.17) is 9.84 Å². The number of carbonyl (C=O) groups excluding carboxylic acids is 3. The van der Waals surface area contributed by atoms with Crippen LogP contribution in [0.1, 0.15) is 50.2 Å². The Kier molecular flexibility index (Phi) is 6.26. The average molecular weight is 458 g/mol. The van der Waals surface area contributed by atoms with Crippen molar-refractivity contribution in [2.45, 2.75) is 70.1 Å². The first-order valence-electron chi connectivity index (χ1n) is 11.9. The molecule has 0 aliphatic carbocycles. The van der Waals surface area contributed by atoms with Crippen LogP contribution in [-0.2, 0) is 19.1 Å². The van der Waals surface area contributed by atoms with Gasteiger partial charge in [-0.25, -0.2) is 0 Å². The molecule has 3 aliphatic rings. The quantitative estimate of drug-likeness (QED) is 0.517. The van der Waals surface area contributed by atoms with Gasteiger partial charge in [0.2, 0.25) is 17.7 Å². The number of carbonyl (C=O) groups is 3. The molecule has 3 fully saturated rings. The third-order valence-corrected chi connectivity index (χ3v) is 7.84. The van der Waals surface area contributed by atoms with E-state index < -0.39 is 29.1 Å². The molecule has 3 N–H and O–H groups in total. The van der Waals surface area contributed by atoms with Crippen molar-refractivity contribution in [1.82, 2.24) is 10.2 Å². The fraction of sp³-hybridized carbons (Fsp3) is 0.640. The van der Waals surface area contributed by atoms with Gasteiger partial charge in [-0.15, -0.1) is 0 Å². The van der Waals surface area contributed by atoms with E-state index in [0.29, 0.717) is 32.2 Å². The maximum absolute atomic E-state index is 13.8. The molecule has 3 aliphatic heterocycles. The molecule has 8 heteroatoms. The second-order valence-corrected chi connectivity index (χ2v) is 9.91. The Hall–Kier alpha value is -2.45. The Labute approximate surface area is 195 Å². The summed E-state index contributed by atoms with van der Waals surface area (Å²) < 4.78 is 6.54. The highest BCUT2D eigenvalue weighted by atomic mass is 16.5. The number of anilines is 1. The summed E-state index contributed by atoms with van der Waals surface area (Å²) in [5.74, 6) is -1.97. The van der Waals surface area contributed by atoms with Gasteiger partial charge in [-0.1, -0.05) is 18.2 Å². The largest absolute Gasteiger partial charge is 0.396 e. The molecule has 5 atom stereocenters. The first-order valence-corrected chi connectivity index (χ1v) is 11.9. The molecule has 1 aromatic carbocycles. The van der Waals surface area contributed by atoms with Crippen LogP contribution in [-0.4, -0.2) is 65.2 Å². The third-order valence-electron chi connectivity index (χ3n) is 7.84. The van der Waals surface area contributed by atoms with Crippen LogP contribution < -0.4 is 10.6 Å². The summed E-state index contributed by atoms with van der Waals surface area (Å²) in [5, 5.41) is 14.9. The maximum Gasteiger partial charge on any atom is 0.250 e. The third kappa shape index (κ3) is 3.64. The van der Waals surface area contributed by atoms with Crippen LogP contribution in [0.25, 0.3) is 0 Å². The summed E-state index contributed by atoms with van der Waals surface area (Å²) in [7, 11) is 1.57. The lowest BCUT2D eigenvalue weighted by Crippen LogP contribution is -2.53. The molecule has 0 aromatic heterocycles. The number of benzene rings is 1. The zero-order valence-corrected chi connectivity index (χ0v) is 19.9. The molecule has 8 nitrogen and oxygen atoms in total. The first kappa shape index (κ1) is 23.7. The molecule has 33 heavy (non-hydrogen) atoms. The number of ether oxygens (including phenoxy) is 1. The number of aliphatic hydroxyl groups is 1. The molecule has 4 rings (SSSR count). The number of amides is 3. The summed E-state index contributed by atoms with van der Waals surface area (Å²) in [5.41, 5.74) is 0.865. The van der Waals surface area contributed by atoms with Gasteiger partial charge in [0.25, 0.3) is 0 Å². The molecule has 0 radical (unpaired) electrons. The lowest BCUT2D eigenvalue weighted by atomic mass is 9.66. The number of unbranched alkanes of at least 4 members (excludes halogenated alkanes) is 2. The maximum atomic E-state index is 13.8. The van der Waals surface area contributed by atoms with Gasteiger partial charge >= 0.3 is 0 Å². The normalized spacial score (nSPS) is 32.2. The second kappa shape index (κ2) is 8.72. The van der Waals surface area contributed by atoms with E-state index in [2.05, 4.69) is 10.6 Å². The Balaban J connectivity index is 1.71. The molecule has 0 saturated carbocycles. The van der Waals surface area contributed by atoms with Gasteiger partial charge in [0.15, 0.2) is 0 Å². The van der Waals surface area contributed by atoms with Crippen LogP contribution >= 0.6 is 0 Å². The van der Waals surface area contributed by atoms with Crippen LogP contribution in [0.15, 0.2) is 18.2 Å². The van der Waals surface area contributed by atoms with E-state index in [-0.39, 0.29) is 24.3 Å². The van der Waals surface area contributed by atoms with Crippen molar-refractivity contribution in [3.8, 4) is 0 Å². The Morgan fingerprint density at radius 2 is 1.85 bits per heavy atom. The minimum absolute atomic E-state index is 0.0944. The van der Waals surface area contributed by atoms with Crippen LogP contribution in [0.2, 0.25) is 0 Å². The van der Waals surface area contributed by atoms with E-state index >= 15 is 0 Å². The monoisotopic (exact) mass is 457 g/mol. The predicted molar refractivity (Wildman–Crippen MR) is 123 cm³/mol. The number of rotatable bonds is 8. The number of para-hydroxylation sites is 1. The Morgan fingerprint density at radius 3 is 2.48 bits per heavy atom. The van der Waals surface area contributed by atoms with E-state index in [1.165, 1.54) is 0 Å². The van der Waals surface area contributed by atoms with Crippen molar-refractivity contribution >= 4 is 23.4 Å². The number of hydrogen-bond acceptors (Lipinski definition) is 5. The fourth-order valence-electron chi connectivity index (χ4n) is 6.30. The highest BCUT2D eigenvalue weighted by Gasteiger charge is 2.77. The van der Waals surface area contributed by atoms with Gasteiger partial charge in [-0.2, -0.15) is 0 Å². The summed E-state index contributed by atoms with van der Waals surface area (Å²) in [6.07, 6.45) is 3.25. The minimum Gasteiger partial charge on any atom is -0.396 e. The van der Waals surface area contributed by atoms with Gasteiger partial charge in [0.05, 0.1) is 17.4 Å². The van der Waals surface area contributed by atoms with Gasteiger partial charge in [-0.3, -0.25) is 14.4 Å². The Bertz CT molecular complexity index is 945. The standard InChI is InChI=1S/C25H35N3O5/c1-15-9-8-10-16(2)19(15)27-22(31)20-25-12-11-24(3,33-25)17(21(30)26-4)18(25)23(32)28(20)13-6-5-7-14-29/h8-10,17-18,20,29H,5-7,11-14H2,1-4H3,(H,26,30)(H,27,31)/t17-,18+,20?,24+,25?/m1/s1. The van der Waals surface area contributed by atoms with Crippen LogP contribution in [0.4, 0.5) is 5.69 Å². The van der Waals surface area contributed by atoms with Gasteiger partial charge < -0.3 is 25.4 Å². The summed E-state index contributed by atoms with van der Waals surface area (Å²) in [4.78, 5) is 42.1. The minimum atomic E-state index is -1.01. The van der Waals surface area contributed by atoms with Crippen LogP contribution in [0, 0.1) is 25.7 Å². The number of fused-ring (bicyclic) bond motifs is 1. The molecule has 180 valence electrons. The topological polar surface area (TPSA) is 108 Å². The predicted octanol–water partition coefficient (Wildman–Crippen LogP) is 1.92. The lowest BCUT2D eigenvalue weighted by Gasteiger charge is -2.33. The number of hydrogen-bond donors (Lipinski definition) is 3. The van der Waals surface area contributed by atoms with E-state index in [9.17, 15) is 14.4 Å². The molecule has 2 unspecified atom stereocenters.